The first-order valence-electron chi connectivity index (χ1n) is 9.50. The first-order chi connectivity index (χ1) is 13.0. The molecule has 9 heteroatoms. The number of carbonyl (C=O) groups excluding carboxylic acids is 1. The van der Waals surface area contributed by atoms with Gasteiger partial charge in [-0.3, -0.25) is 15.6 Å². The van der Waals surface area contributed by atoms with Crippen molar-refractivity contribution in [3.8, 4) is 0 Å². The SMILES string of the molecule is O=C(C1CCCC2CNNC21)N1CCN(S(=O)(=O)c2ccccc2Br)CC1. The van der Waals surface area contributed by atoms with E-state index in [0.717, 1.165) is 25.8 Å². The van der Waals surface area contributed by atoms with Crippen LogP contribution in [0.5, 0.6) is 0 Å². The van der Waals surface area contributed by atoms with Crippen LogP contribution in [0.25, 0.3) is 0 Å². The van der Waals surface area contributed by atoms with Crippen LogP contribution >= 0.6 is 15.9 Å². The van der Waals surface area contributed by atoms with Gasteiger partial charge in [-0.15, -0.1) is 0 Å². The highest BCUT2D eigenvalue weighted by molar-refractivity contribution is 9.10. The highest BCUT2D eigenvalue weighted by Gasteiger charge is 2.42. The average molecular weight is 457 g/mol. The quantitative estimate of drug-likeness (QED) is 0.713. The van der Waals surface area contributed by atoms with Crippen molar-refractivity contribution in [3.63, 3.8) is 0 Å². The van der Waals surface area contributed by atoms with E-state index in [0.29, 0.717) is 36.6 Å². The van der Waals surface area contributed by atoms with Crippen molar-refractivity contribution in [1.82, 2.24) is 20.1 Å². The van der Waals surface area contributed by atoms with E-state index in [1.54, 1.807) is 24.3 Å². The Hall–Kier alpha value is -1.000. The largest absolute Gasteiger partial charge is 0.340 e. The number of hydrazine groups is 1. The van der Waals surface area contributed by atoms with Crippen LogP contribution in [0.3, 0.4) is 0 Å². The number of carbonyl (C=O) groups is 1. The number of sulfonamides is 1. The maximum atomic E-state index is 13.1. The highest BCUT2D eigenvalue weighted by Crippen LogP contribution is 2.33. The van der Waals surface area contributed by atoms with E-state index in [9.17, 15) is 13.2 Å². The lowest BCUT2D eigenvalue weighted by Crippen LogP contribution is -2.55. The van der Waals surface area contributed by atoms with Gasteiger partial charge in [0.05, 0.1) is 10.8 Å². The Labute approximate surface area is 168 Å². The van der Waals surface area contributed by atoms with Crippen molar-refractivity contribution in [2.24, 2.45) is 11.8 Å². The van der Waals surface area contributed by atoms with Gasteiger partial charge in [0.2, 0.25) is 15.9 Å². The lowest BCUT2D eigenvalue weighted by atomic mass is 9.77. The molecule has 148 valence electrons. The van der Waals surface area contributed by atoms with Crippen LogP contribution in [0, 0.1) is 11.8 Å². The zero-order chi connectivity index (χ0) is 19.0. The molecule has 2 N–H and O–H groups in total. The molecule has 3 aliphatic rings. The van der Waals surface area contributed by atoms with Gasteiger partial charge in [-0.2, -0.15) is 4.31 Å². The molecule has 7 nitrogen and oxygen atoms in total. The lowest BCUT2D eigenvalue weighted by molar-refractivity contribution is -0.139. The molecular weight excluding hydrogens is 432 g/mol. The fraction of sp³-hybridized carbons (Fsp3) is 0.611. The molecule has 1 saturated carbocycles. The number of nitrogens with one attached hydrogen (secondary N) is 2. The Morgan fingerprint density at radius 3 is 2.59 bits per heavy atom. The number of nitrogens with zero attached hydrogens (tertiary/aromatic N) is 2. The van der Waals surface area contributed by atoms with Gasteiger partial charge in [0.25, 0.3) is 0 Å². The number of benzene rings is 1. The molecule has 2 aliphatic heterocycles. The monoisotopic (exact) mass is 456 g/mol. The van der Waals surface area contributed by atoms with Gasteiger partial charge in [0.1, 0.15) is 0 Å². The Bertz CT molecular complexity index is 811. The van der Waals surface area contributed by atoms with Crippen molar-refractivity contribution in [3.05, 3.63) is 28.7 Å². The second kappa shape index (κ2) is 7.79. The summed E-state index contributed by atoms with van der Waals surface area (Å²) >= 11 is 3.33. The summed E-state index contributed by atoms with van der Waals surface area (Å²) in [6, 6.07) is 7.06. The number of piperazine rings is 1. The Morgan fingerprint density at radius 1 is 1.11 bits per heavy atom. The first-order valence-corrected chi connectivity index (χ1v) is 11.7. The molecule has 0 aromatic heterocycles. The topological polar surface area (TPSA) is 81.8 Å². The van der Waals surface area contributed by atoms with Crippen LogP contribution in [0.15, 0.2) is 33.6 Å². The molecule has 3 fully saturated rings. The van der Waals surface area contributed by atoms with E-state index in [1.165, 1.54) is 4.31 Å². The Kier molecular flexibility index (Phi) is 5.57. The van der Waals surface area contributed by atoms with E-state index >= 15 is 0 Å². The summed E-state index contributed by atoms with van der Waals surface area (Å²) in [7, 11) is -3.55. The van der Waals surface area contributed by atoms with Crippen molar-refractivity contribution in [2.45, 2.75) is 30.2 Å². The first kappa shape index (κ1) is 19.3. The van der Waals surface area contributed by atoms with Crippen LogP contribution in [-0.4, -0.2) is 62.3 Å². The number of fused-ring (bicyclic) bond motifs is 1. The van der Waals surface area contributed by atoms with E-state index in [-0.39, 0.29) is 22.8 Å². The lowest BCUT2D eigenvalue weighted by Gasteiger charge is -2.39. The van der Waals surface area contributed by atoms with Crippen LogP contribution in [0.1, 0.15) is 19.3 Å². The third-order valence-electron chi connectivity index (χ3n) is 5.99. The van der Waals surface area contributed by atoms with Gasteiger partial charge in [-0.1, -0.05) is 18.6 Å². The molecule has 1 aliphatic carbocycles. The zero-order valence-electron chi connectivity index (χ0n) is 15.1. The standard InChI is InChI=1S/C18H25BrN4O3S/c19-15-6-1-2-7-16(15)27(25,26)23-10-8-22(9-11-23)18(24)14-5-3-4-13-12-20-21-17(13)14/h1-2,6-7,13-14,17,20-21H,3-5,8-12H2. The van der Waals surface area contributed by atoms with Crippen molar-refractivity contribution in [2.75, 3.05) is 32.7 Å². The Balaban J connectivity index is 1.41. The molecule has 0 radical (unpaired) electrons. The molecule has 2 heterocycles. The van der Waals surface area contributed by atoms with Crippen LogP contribution in [0.4, 0.5) is 0 Å². The summed E-state index contributed by atoms with van der Waals surface area (Å²) in [5.41, 5.74) is 6.47. The van der Waals surface area contributed by atoms with E-state index in [2.05, 4.69) is 26.8 Å². The summed E-state index contributed by atoms with van der Waals surface area (Å²) < 4.78 is 27.9. The summed E-state index contributed by atoms with van der Waals surface area (Å²) in [4.78, 5) is 15.2. The molecule has 3 atom stereocenters. The van der Waals surface area contributed by atoms with E-state index in [4.69, 9.17) is 0 Å². The molecule has 3 unspecified atom stereocenters. The smallest absolute Gasteiger partial charge is 0.244 e. The molecule has 4 rings (SSSR count). The molecule has 27 heavy (non-hydrogen) atoms. The van der Waals surface area contributed by atoms with Crippen molar-refractivity contribution < 1.29 is 13.2 Å². The van der Waals surface area contributed by atoms with Gasteiger partial charge < -0.3 is 4.90 Å². The van der Waals surface area contributed by atoms with Gasteiger partial charge in [-0.05, 0) is 46.8 Å². The number of amides is 1. The predicted molar refractivity (Wildman–Crippen MR) is 105 cm³/mol. The van der Waals surface area contributed by atoms with Crippen LogP contribution in [-0.2, 0) is 14.8 Å². The maximum Gasteiger partial charge on any atom is 0.244 e. The summed E-state index contributed by atoms with van der Waals surface area (Å²) in [6.07, 6.45) is 3.15. The van der Waals surface area contributed by atoms with E-state index in [1.807, 2.05) is 4.90 Å². The molecule has 0 spiro atoms. The molecule has 1 amide bonds. The Morgan fingerprint density at radius 2 is 1.85 bits per heavy atom. The van der Waals surface area contributed by atoms with Gasteiger partial charge in [0.15, 0.2) is 0 Å². The van der Waals surface area contributed by atoms with Crippen LogP contribution in [0.2, 0.25) is 0 Å². The van der Waals surface area contributed by atoms with E-state index < -0.39 is 10.0 Å². The average Bonchev–Trinajstić information content (AvgIpc) is 3.16. The van der Waals surface area contributed by atoms with Crippen molar-refractivity contribution in [1.29, 1.82) is 0 Å². The molecule has 0 bridgehead atoms. The van der Waals surface area contributed by atoms with Crippen LogP contribution < -0.4 is 10.9 Å². The number of hydrogen-bond acceptors (Lipinski definition) is 5. The third kappa shape index (κ3) is 3.67. The molecule has 1 aromatic carbocycles. The number of hydrogen-bond donors (Lipinski definition) is 2. The second-order valence-electron chi connectivity index (χ2n) is 7.51. The minimum absolute atomic E-state index is 0.00910. The molecule has 2 saturated heterocycles. The summed E-state index contributed by atoms with van der Waals surface area (Å²) in [6.45, 7) is 2.49. The highest BCUT2D eigenvalue weighted by atomic mass is 79.9. The summed E-state index contributed by atoms with van der Waals surface area (Å²) in [5, 5.41) is 0. The minimum Gasteiger partial charge on any atom is -0.340 e. The minimum atomic E-state index is -3.55. The number of halogens is 1. The zero-order valence-corrected chi connectivity index (χ0v) is 17.5. The molecular formula is C18H25BrN4O3S. The predicted octanol–water partition coefficient (Wildman–Crippen LogP) is 1.17. The summed E-state index contributed by atoms with van der Waals surface area (Å²) in [5.74, 6) is 0.675. The van der Waals surface area contributed by atoms with Gasteiger partial charge in [0, 0.05) is 43.2 Å². The fourth-order valence-corrected chi connectivity index (χ4v) is 6.88. The number of rotatable bonds is 3. The molecule has 1 aromatic rings. The fourth-order valence-electron chi connectivity index (χ4n) is 4.50. The third-order valence-corrected chi connectivity index (χ3v) is 8.90. The van der Waals surface area contributed by atoms with Gasteiger partial charge in [-0.25, -0.2) is 8.42 Å². The second-order valence-corrected chi connectivity index (χ2v) is 10.3. The van der Waals surface area contributed by atoms with Gasteiger partial charge >= 0.3 is 0 Å². The maximum absolute atomic E-state index is 13.1. The normalized spacial score (nSPS) is 29.5. The van der Waals surface area contributed by atoms with Crippen molar-refractivity contribution >= 4 is 31.9 Å².